The van der Waals surface area contributed by atoms with Crippen LogP contribution in [0.25, 0.3) is 10.8 Å². The first kappa shape index (κ1) is 94.0. The first-order chi connectivity index (χ1) is 62.3. The Morgan fingerprint density at radius 2 is 0.758 bits per heavy atom. The van der Waals surface area contributed by atoms with Crippen molar-refractivity contribution in [3.05, 3.63) is 316 Å². The molecule has 0 radical (unpaired) electrons. The van der Waals surface area contributed by atoms with Crippen LogP contribution in [0, 0.1) is 0 Å². The van der Waals surface area contributed by atoms with E-state index in [1.807, 2.05) is 191 Å². The molecule has 670 valence electrons. The molecule has 4 aliphatic rings. The third kappa shape index (κ3) is 27.9. The summed E-state index contributed by atoms with van der Waals surface area (Å²) in [5, 5.41) is 21.7. The fourth-order valence-electron chi connectivity index (χ4n) is 16.7. The Balaban J connectivity index is 0.000000174. The van der Waals surface area contributed by atoms with E-state index in [1.165, 1.54) is 11.1 Å². The van der Waals surface area contributed by atoms with Gasteiger partial charge in [-0.2, -0.15) is 0 Å². The van der Waals surface area contributed by atoms with E-state index in [4.69, 9.17) is 48.6 Å². The third-order valence-electron chi connectivity index (χ3n) is 23.4. The van der Waals surface area contributed by atoms with E-state index in [-0.39, 0.29) is 95.8 Å². The second-order valence-electron chi connectivity index (χ2n) is 32.4. The number of nitrogens with zero attached hydrogens (tertiary/aromatic N) is 6. The summed E-state index contributed by atoms with van der Waals surface area (Å²) in [6.07, 6.45) is 4.99. The molecule has 0 aliphatic carbocycles. The molecule has 3 fully saturated rings. The number of hydrogen-bond acceptors (Lipinski definition) is 15. The van der Waals surface area contributed by atoms with Crippen molar-refractivity contribution in [3.63, 3.8) is 0 Å². The summed E-state index contributed by atoms with van der Waals surface area (Å²) in [6.45, 7) is 5.97. The Labute approximate surface area is 757 Å². The molecule has 0 spiro atoms. The number of hydrogen-bond donors (Lipinski definition) is 12. The van der Waals surface area contributed by atoms with Gasteiger partial charge in [0.05, 0.1) is 30.8 Å². The summed E-state index contributed by atoms with van der Waals surface area (Å²) in [7, 11) is 1.57. The number of carbonyl (C=O) groups is 6. The van der Waals surface area contributed by atoms with Crippen LogP contribution in [-0.2, 0) is 19.2 Å². The highest BCUT2D eigenvalue weighted by molar-refractivity contribution is 9.10. The van der Waals surface area contributed by atoms with Crippen molar-refractivity contribution in [3.8, 4) is 17.2 Å². The summed E-state index contributed by atoms with van der Waals surface area (Å²) < 4.78 is 18.1. The van der Waals surface area contributed by atoms with E-state index in [0.29, 0.717) is 165 Å². The first-order valence-electron chi connectivity index (χ1n) is 44.0. The van der Waals surface area contributed by atoms with Gasteiger partial charge in [-0.05, 0) is 150 Å². The number of guanidine groups is 3. The molecule has 0 saturated carbocycles. The van der Waals surface area contributed by atoms with Crippen molar-refractivity contribution in [1.29, 1.82) is 0 Å². The van der Waals surface area contributed by atoms with Crippen molar-refractivity contribution >= 4 is 80.0 Å². The largest absolute Gasteiger partial charge is 0.496 e. The quantitative estimate of drug-likeness (QED) is 0.0101. The predicted molar refractivity (Wildman–Crippen MR) is 508 cm³/mol. The van der Waals surface area contributed by atoms with Gasteiger partial charge >= 0.3 is 0 Å². The molecule has 10 aromatic rings. The molecule has 28 heteroatoms. The van der Waals surface area contributed by atoms with Crippen LogP contribution in [0.2, 0.25) is 0 Å². The molecular formula is C100H119BrN18O9. The topological polar surface area (TPSA) is 405 Å². The lowest BCUT2D eigenvalue weighted by atomic mass is 9.90. The van der Waals surface area contributed by atoms with E-state index < -0.39 is 24.2 Å². The molecule has 0 unspecified atom stereocenters. The average molecular weight is 1800 g/mol. The number of methoxy groups -OCH3 is 1. The van der Waals surface area contributed by atoms with Crippen LogP contribution in [0.1, 0.15) is 130 Å². The summed E-state index contributed by atoms with van der Waals surface area (Å²) >= 11 is 3.40. The van der Waals surface area contributed by atoms with Crippen molar-refractivity contribution in [2.24, 2.45) is 49.4 Å². The first-order valence-corrected chi connectivity index (χ1v) is 44.8. The minimum atomic E-state index is -0.744. The maximum Gasteiger partial charge on any atom is 0.264 e. The number of halogens is 1. The van der Waals surface area contributed by atoms with Gasteiger partial charge in [0.2, 0.25) is 23.8 Å². The SMILES string of the molecule is COc1cc2ccccc2cc1C(=O)NC[C@@H]1CCN(CC(c2ccccc2)c2ccccc2)C(=O)[C@H](CCCN=C(N)N)N1.NC(N)=NCCC[C@@H]1N[C@H](CNC(=O)[C@@H]2COc3ccccc3O2)CCN(CC(c2ccccc2)c2ccccc2)C1=O.NC(N)=NCCC[C@@H]1N[C@H](CNC(=O)c2ccc(Br)cc2)CCN(CC(c2ccccc2)c2ccccc2)C1=O. The lowest BCUT2D eigenvalue weighted by molar-refractivity contribution is -0.133. The number of carbonyl (C=O) groups excluding carboxylic acids is 6. The zero-order valence-electron chi connectivity index (χ0n) is 72.4. The van der Waals surface area contributed by atoms with Crippen LogP contribution in [0.3, 0.4) is 0 Å². The zero-order chi connectivity index (χ0) is 89.9. The molecule has 18 N–H and O–H groups in total. The Morgan fingerprint density at radius 1 is 0.430 bits per heavy atom. The van der Waals surface area contributed by atoms with Gasteiger partial charge in [-0.1, -0.05) is 234 Å². The number of para-hydroxylation sites is 2. The minimum absolute atomic E-state index is 0.0234. The summed E-state index contributed by atoms with van der Waals surface area (Å²) in [6, 6.07) is 86.4. The van der Waals surface area contributed by atoms with Crippen LogP contribution >= 0.6 is 15.9 Å². The van der Waals surface area contributed by atoms with Crippen LogP contribution in [0.5, 0.6) is 17.2 Å². The van der Waals surface area contributed by atoms with Gasteiger partial charge in [0.25, 0.3) is 17.7 Å². The Kier molecular flexibility index (Phi) is 35.6. The molecule has 10 aromatic carbocycles. The Morgan fingerprint density at radius 3 is 1.12 bits per heavy atom. The smallest absolute Gasteiger partial charge is 0.264 e. The zero-order valence-corrected chi connectivity index (χ0v) is 74.0. The van der Waals surface area contributed by atoms with Crippen molar-refractivity contribution in [2.75, 3.05) is 92.3 Å². The molecule has 3 saturated heterocycles. The molecular weight excluding hydrogens is 1680 g/mol. The van der Waals surface area contributed by atoms with Gasteiger partial charge in [-0.3, -0.25) is 43.7 Å². The van der Waals surface area contributed by atoms with Crippen molar-refractivity contribution in [2.45, 2.75) is 118 Å². The van der Waals surface area contributed by atoms with Gasteiger partial charge in [-0.15, -0.1) is 0 Å². The van der Waals surface area contributed by atoms with Crippen LogP contribution < -0.4 is 80.5 Å². The van der Waals surface area contributed by atoms with Gasteiger partial charge in [0, 0.05) is 124 Å². The number of rotatable bonds is 34. The molecule has 6 amide bonds. The van der Waals surface area contributed by atoms with E-state index in [9.17, 15) is 28.8 Å². The van der Waals surface area contributed by atoms with Crippen LogP contribution in [0.15, 0.2) is 286 Å². The fraction of sp³-hybridized carbons (Fsp3) is 0.330. The van der Waals surface area contributed by atoms with Gasteiger partial charge in [0.15, 0.2) is 29.4 Å². The van der Waals surface area contributed by atoms with Gasteiger partial charge < -0.3 is 95.2 Å². The number of fused-ring (bicyclic) bond motifs is 2. The molecule has 0 bridgehead atoms. The molecule has 7 atom stereocenters. The van der Waals surface area contributed by atoms with Crippen molar-refractivity contribution < 1.29 is 43.0 Å². The third-order valence-corrected chi connectivity index (χ3v) is 23.9. The van der Waals surface area contributed by atoms with Crippen LogP contribution in [-0.4, -0.2) is 203 Å². The van der Waals surface area contributed by atoms with E-state index in [1.54, 1.807) is 25.3 Å². The lowest BCUT2D eigenvalue weighted by Gasteiger charge is -2.29. The maximum atomic E-state index is 14.1. The number of aliphatic imine (C=N–C) groups is 3. The molecule has 128 heavy (non-hydrogen) atoms. The second-order valence-corrected chi connectivity index (χ2v) is 33.3. The molecule has 27 nitrogen and oxygen atoms in total. The number of benzene rings is 10. The predicted octanol–water partition coefficient (Wildman–Crippen LogP) is 10.0. The fourth-order valence-corrected chi connectivity index (χ4v) is 16.9. The van der Waals surface area contributed by atoms with Crippen molar-refractivity contribution in [1.82, 2.24) is 46.6 Å². The minimum Gasteiger partial charge on any atom is -0.496 e. The normalized spacial score (nSPS) is 18.0. The number of nitrogens with two attached hydrogens (primary N) is 6. The van der Waals surface area contributed by atoms with E-state index in [2.05, 4.69) is 136 Å². The van der Waals surface area contributed by atoms with Gasteiger partial charge in [-0.25, -0.2) is 0 Å². The lowest BCUT2D eigenvalue weighted by Crippen LogP contribution is -2.51. The maximum absolute atomic E-state index is 14.1. The highest BCUT2D eigenvalue weighted by atomic mass is 79.9. The van der Waals surface area contributed by atoms with Gasteiger partial charge in [0.1, 0.15) is 12.4 Å². The Hall–Kier alpha value is -13.2. The van der Waals surface area contributed by atoms with E-state index in [0.717, 1.165) is 37.5 Å². The monoisotopic (exact) mass is 1790 g/mol. The highest BCUT2D eigenvalue weighted by Crippen LogP contribution is 2.34. The molecule has 4 aliphatic heterocycles. The highest BCUT2D eigenvalue weighted by Gasteiger charge is 2.38. The van der Waals surface area contributed by atoms with E-state index >= 15 is 0 Å². The van der Waals surface area contributed by atoms with Crippen LogP contribution in [0.4, 0.5) is 0 Å². The summed E-state index contributed by atoms with van der Waals surface area (Å²) in [5.41, 5.74) is 41.1. The number of amides is 6. The number of nitrogens with one attached hydrogen (secondary N) is 6. The Bertz CT molecular complexity index is 5180. The molecule has 0 aromatic heterocycles. The molecule has 14 rings (SSSR count). The summed E-state index contributed by atoms with van der Waals surface area (Å²) in [4.78, 5) is 99.3. The summed E-state index contributed by atoms with van der Waals surface area (Å²) in [5.74, 6) is 1.44. The standard InChI is InChI=1S/C36H42N6O3.C33H40N6O4.C31H37BrN6O2/c1-45-33-22-28-16-9-8-15-27(28)21-30(33)34(43)40-23-29-18-20-42(35(44)32(41-29)17-10-19-39-36(37)38)24-31(25-11-4-2-5-12-25)26-13-6-3-7-14-26;34-33(35)36-18-9-14-27-32(41)39(21-26(23-10-3-1-4-11-23)24-12-5-2-6-13-24)19-17-25(38-27)20-37-31(40)30-22-42-28-15-7-8-16-29(28)43-30;32-25-15-13-24(14-16-25)29(39)36-20-26-17-19-38(30(40)28(37-26)12-7-18-35-31(33)34)21-27(22-8-3-1-4-9-22)23-10-5-2-6-11-23/h2-9,11-16,21-22,29,31-32,41H,10,17-20,23-24H2,1H3,(H,40,43)(H4,37,38,39);1-8,10-13,15-16,25-27,30,38H,9,14,17-22H2,(H,37,40)(H4,34,35,36);1-6,8-11,13-16,26-28,37H,7,12,17-21H2,(H,36,39)(H4,33,34,35)/t29-,32-;25-,27-,30-;26-,28-/m000/s1. The molecule has 4 heterocycles. The average Bonchev–Trinajstić information content (AvgIpc) is 0.821. The number of ether oxygens (including phenoxy) is 3. The second kappa shape index (κ2) is 48.5.